The van der Waals surface area contributed by atoms with Gasteiger partial charge in [-0.2, -0.15) is 0 Å². The molecule has 4 heteroatoms. The van der Waals surface area contributed by atoms with Crippen LogP contribution in [-0.4, -0.2) is 30.4 Å². The molecule has 1 aliphatic rings. The number of likely N-dealkylation sites (tertiary alicyclic amines) is 1. The van der Waals surface area contributed by atoms with Gasteiger partial charge in [-0.3, -0.25) is 9.69 Å². The molecular formula is C22H24N2OS. The van der Waals surface area contributed by atoms with Gasteiger partial charge in [-0.15, -0.1) is 11.3 Å². The predicted molar refractivity (Wildman–Crippen MR) is 109 cm³/mol. The lowest BCUT2D eigenvalue weighted by molar-refractivity contribution is -0.120. The van der Waals surface area contributed by atoms with Gasteiger partial charge in [0.05, 0.1) is 12.5 Å². The van der Waals surface area contributed by atoms with E-state index in [1.807, 2.05) is 12.1 Å². The Hall–Kier alpha value is -2.17. The summed E-state index contributed by atoms with van der Waals surface area (Å²) in [5, 5.41) is 7.69. The van der Waals surface area contributed by atoms with Crippen molar-refractivity contribution < 1.29 is 4.79 Å². The molecule has 0 saturated carbocycles. The van der Waals surface area contributed by atoms with Crippen molar-refractivity contribution >= 4 is 28.0 Å². The fourth-order valence-electron chi connectivity index (χ4n) is 3.75. The highest BCUT2D eigenvalue weighted by atomic mass is 32.1. The molecule has 1 saturated heterocycles. The van der Waals surface area contributed by atoms with Crippen LogP contribution >= 0.6 is 11.3 Å². The first-order valence-corrected chi connectivity index (χ1v) is 10.2. The van der Waals surface area contributed by atoms with Crippen LogP contribution in [0.1, 0.15) is 29.3 Å². The quantitative estimate of drug-likeness (QED) is 0.703. The summed E-state index contributed by atoms with van der Waals surface area (Å²) >= 11 is 1.78. The molecule has 0 unspecified atom stereocenters. The molecular weight excluding hydrogens is 340 g/mol. The molecule has 0 spiro atoms. The second kappa shape index (κ2) is 8.02. The van der Waals surface area contributed by atoms with E-state index in [0.29, 0.717) is 19.0 Å². The molecule has 0 radical (unpaired) electrons. The first-order valence-electron chi connectivity index (χ1n) is 9.31. The molecule has 3 nitrogen and oxygen atoms in total. The molecule has 1 aliphatic heterocycles. The minimum absolute atomic E-state index is 0.0982. The molecule has 3 aromatic rings. The summed E-state index contributed by atoms with van der Waals surface area (Å²) in [5.74, 6) is 0.0982. The number of thiophene rings is 1. The lowest BCUT2D eigenvalue weighted by Crippen LogP contribution is -2.37. The molecule has 0 aliphatic carbocycles. The maximum absolute atomic E-state index is 12.5. The SMILES string of the molecule is O=C(Cc1ccc2ccccc2c1)NC[C@H](c1cccs1)N1CCCC1. The lowest BCUT2D eigenvalue weighted by atomic mass is 10.0. The third-order valence-electron chi connectivity index (χ3n) is 5.12. The van der Waals surface area contributed by atoms with Crippen molar-refractivity contribution in [3.8, 4) is 0 Å². The molecule has 1 amide bonds. The van der Waals surface area contributed by atoms with E-state index in [-0.39, 0.29) is 5.91 Å². The average Bonchev–Trinajstić information content (AvgIpc) is 3.36. The van der Waals surface area contributed by atoms with Crippen LogP contribution in [-0.2, 0) is 11.2 Å². The average molecular weight is 365 g/mol. The van der Waals surface area contributed by atoms with E-state index in [0.717, 1.165) is 18.7 Å². The maximum Gasteiger partial charge on any atom is 0.224 e. The van der Waals surface area contributed by atoms with Crippen LogP contribution in [0.15, 0.2) is 60.0 Å². The molecule has 134 valence electrons. The molecule has 2 heterocycles. The molecule has 26 heavy (non-hydrogen) atoms. The third-order valence-corrected chi connectivity index (χ3v) is 6.10. The Morgan fingerprint density at radius 3 is 2.62 bits per heavy atom. The highest BCUT2D eigenvalue weighted by Crippen LogP contribution is 2.27. The summed E-state index contributed by atoms with van der Waals surface area (Å²) < 4.78 is 0. The zero-order valence-electron chi connectivity index (χ0n) is 14.9. The van der Waals surface area contributed by atoms with Crippen molar-refractivity contribution in [1.29, 1.82) is 0 Å². The van der Waals surface area contributed by atoms with E-state index in [4.69, 9.17) is 0 Å². The number of nitrogens with zero attached hydrogens (tertiary/aromatic N) is 1. The number of hydrogen-bond donors (Lipinski definition) is 1. The van der Waals surface area contributed by atoms with E-state index in [1.165, 1.54) is 28.5 Å². The fourth-order valence-corrected chi connectivity index (χ4v) is 4.61. The first kappa shape index (κ1) is 17.3. The zero-order valence-corrected chi connectivity index (χ0v) is 15.7. The van der Waals surface area contributed by atoms with Crippen molar-refractivity contribution in [2.45, 2.75) is 25.3 Å². The van der Waals surface area contributed by atoms with E-state index >= 15 is 0 Å². The Balaban J connectivity index is 1.39. The van der Waals surface area contributed by atoms with E-state index in [2.05, 4.69) is 58.1 Å². The van der Waals surface area contributed by atoms with Crippen LogP contribution in [0, 0.1) is 0 Å². The maximum atomic E-state index is 12.5. The summed E-state index contributed by atoms with van der Waals surface area (Å²) in [4.78, 5) is 16.4. The van der Waals surface area contributed by atoms with E-state index in [1.54, 1.807) is 11.3 Å². The minimum Gasteiger partial charge on any atom is -0.354 e. The lowest BCUT2D eigenvalue weighted by Gasteiger charge is -2.27. The van der Waals surface area contributed by atoms with Gasteiger partial charge in [0.2, 0.25) is 5.91 Å². The number of rotatable bonds is 6. The summed E-state index contributed by atoms with van der Waals surface area (Å²) in [5.41, 5.74) is 1.06. The number of fused-ring (bicyclic) bond motifs is 1. The number of benzene rings is 2. The predicted octanol–water partition coefficient (Wildman–Crippen LogP) is 4.40. The fraction of sp³-hybridized carbons (Fsp3) is 0.318. The van der Waals surface area contributed by atoms with Gasteiger partial charge >= 0.3 is 0 Å². The van der Waals surface area contributed by atoms with Crippen molar-refractivity contribution in [3.63, 3.8) is 0 Å². The van der Waals surface area contributed by atoms with Crippen molar-refractivity contribution in [2.75, 3.05) is 19.6 Å². The molecule has 0 bridgehead atoms. The van der Waals surface area contributed by atoms with Gasteiger partial charge in [-0.25, -0.2) is 0 Å². The van der Waals surface area contributed by atoms with Crippen LogP contribution in [0.2, 0.25) is 0 Å². The highest BCUT2D eigenvalue weighted by molar-refractivity contribution is 7.10. The van der Waals surface area contributed by atoms with E-state index in [9.17, 15) is 4.79 Å². The number of nitrogens with one attached hydrogen (secondary N) is 1. The van der Waals surface area contributed by atoms with Gasteiger partial charge in [-0.1, -0.05) is 48.5 Å². The van der Waals surface area contributed by atoms with Crippen molar-refractivity contribution in [3.05, 3.63) is 70.4 Å². The monoisotopic (exact) mass is 364 g/mol. The van der Waals surface area contributed by atoms with Gasteiger partial charge in [-0.05, 0) is 53.7 Å². The Labute approximate surface area is 158 Å². The largest absolute Gasteiger partial charge is 0.354 e. The second-order valence-corrected chi connectivity index (χ2v) is 7.92. The van der Waals surface area contributed by atoms with Gasteiger partial charge < -0.3 is 5.32 Å². The number of carbonyl (C=O) groups is 1. The number of carbonyl (C=O) groups excluding carboxylic acids is 1. The molecule has 1 aromatic heterocycles. The van der Waals surface area contributed by atoms with Crippen molar-refractivity contribution in [2.24, 2.45) is 0 Å². The summed E-state index contributed by atoms with van der Waals surface area (Å²) in [6.07, 6.45) is 2.95. The van der Waals surface area contributed by atoms with Crippen molar-refractivity contribution in [1.82, 2.24) is 10.2 Å². The van der Waals surface area contributed by atoms with Crippen LogP contribution in [0.3, 0.4) is 0 Å². The minimum atomic E-state index is 0.0982. The van der Waals surface area contributed by atoms with Crippen LogP contribution < -0.4 is 5.32 Å². The number of amides is 1. The third kappa shape index (κ3) is 3.97. The Morgan fingerprint density at radius 1 is 1.04 bits per heavy atom. The topological polar surface area (TPSA) is 32.3 Å². The molecule has 4 rings (SSSR count). The van der Waals surface area contributed by atoms with Gasteiger partial charge in [0, 0.05) is 11.4 Å². The van der Waals surface area contributed by atoms with E-state index < -0.39 is 0 Å². The molecule has 1 atom stereocenters. The van der Waals surface area contributed by atoms with Crippen LogP contribution in [0.4, 0.5) is 0 Å². The Kier molecular flexibility index (Phi) is 5.32. The molecule has 2 aromatic carbocycles. The molecule has 1 fully saturated rings. The Bertz CT molecular complexity index is 869. The van der Waals surface area contributed by atoms with Gasteiger partial charge in [0.15, 0.2) is 0 Å². The first-order chi connectivity index (χ1) is 12.8. The summed E-state index contributed by atoms with van der Waals surface area (Å²) in [6, 6.07) is 19.1. The number of hydrogen-bond acceptors (Lipinski definition) is 3. The zero-order chi connectivity index (χ0) is 17.8. The van der Waals surface area contributed by atoms with Crippen LogP contribution in [0.25, 0.3) is 10.8 Å². The molecule has 1 N–H and O–H groups in total. The summed E-state index contributed by atoms with van der Waals surface area (Å²) in [6.45, 7) is 2.94. The van der Waals surface area contributed by atoms with Gasteiger partial charge in [0.25, 0.3) is 0 Å². The smallest absolute Gasteiger partial charge is 0.224 e. The Morgan fingerprint density at radius 2 is 1.85 bits per heavy atom. The summed E-state index contributed by atoms with van der Waals surface area (Å²) in [7, 11) is 0. The van der Waals surface area contributed by atoms with Crippen LogP contribution in [0.5, 0.6) is 0 Å². The standard InChI is InChI=1S/C22H24N2OS/c25-22(15-17-9-10-18-6-1-2-7-19(18)14-17)23-16-20(21-8-5-13-26-21)24-11-3-4-12-24/h1-2,5-10,13-14,20H,3-4,11-12,15-16H2,(H,23,25)/t20-/m1/s1. The van der Waals surface area contributed by atoms with Gasteiger partial charge in [0.1, 0.15) is 0 Å². The second-order valence-electron chi connectivity index (χ2n) is 6.94. The normalized spacial score (nSPS) is 16.0. The highest BCUT2D eigenvalue weighted by Gasteiger charge is 2.24.